The minimum absolute atomic E-state index is 0.0734. The summed E-state index contributed by atoms with van der Waals surface area (Å²) in [6.45, 7) is 2.46. The molecule has 104 valence electrons. The van der Waals surface area contributed by atoms with E-state index in [1.807, 2.05) is 6.92 Å². The van der Waals surface area contributed by atoms with E-state index in [4.69, 9.17) is 0 Å². The van der Waals surface area contributed by atoms with Crippen LogP contribution in [0.5, 0.6) is 0 Å². The van der Waals surface area contributed by atoms with Crippen molar-refractivity contribution in [3.05, 3.63) is 58.1 Å². The van der Waals surface area contributed by atoms with E-state index in [9.17, 15) is 14.0 Å². The summed E-state index contributed by atoms with van der Waals surface area (Å²) in [5, 5.41) is 2.65. The fourth-order valence-electron chi connectivity index (χ4n) is 1.78. The molecule has 2 N–H and O–H groups in total. The summed E-state index contributed by atoms with van der Waals surface area (Å²) in [7, 11) is 0. The van der Waals surface area contributed by atoms with Gasteiger partial charge in [0, 0.05) is 12.2 Å². The van der Waals surface area contributed by atoms with Crippen LogP contribution in [0, 0.1) is 5.82 Å². The highest BCUT2D eigenvalue weighted by Gasteiger charge is 2.10. The number of amides is 1. The summed E-state index contributed by atoms with van der Waals surface area (Å²) in [6.07, 6.45) is 0.803. The van der Waals surface area contributed by atoms with Crippen molar-refractivity contribution in [3.8, 4) is 11.3 Å². The molecule has 0 aliphatic carbocycles. The molecule has 0 spiro atoms. The zero-order chi connectivity index (χ0) is 14.5. The van der Waals surface area contributed by atoms with Crippen LogP contribution in [0.25, 0.3) is 11.3 Å². The largest absolute Gasteiger partial charge is 0.352 e. The minimum atomic E-state index is -0.458. The Labute approximate surface area is 115 Å². The normalized spacial score (nSPS) is 10.3. The third-order valence-corrected chi connectivity index (χ3v) is 2.84. The van der Waals surface area contributed by atoms with Crippen LogP contribution in [0.4, 0.5) is 4.39 Å². The highest BCUT2D eigenvalue weighted by atomic mass is 19.1. The fourth-order valence-corrected chi connectivity index (χ4v) is 1.78. The van der Waals surface area contributed by atoms with Crippen molar-refractivity contribution < 1.29 is 9.18 Å². The number of aromatic nitrogens is 1. The predicted molar refractivity (Wildman–Crippen MR) is 75.1 cm³/mol. The fraction of sp³-hybridized carbons (Fsp3) is 0.200. The third-order valence-electron chi connectivity index (χ3n) is 2.84. The number of halogens is 1. The smallest absolute Gasteiger partial charge is 0.261 e. The number of H-pyrrole nitrogens is 1. The first kappa shape index (κ1) is 14.0. The van der Waals surface area contributed by atoms with Crippen molar-refractivity contribution in [2.24, 2.45) is 0 Å². The topological polar surface area (TPSA) is 62.0 Å². The Hall–Kier alpha value is -2.43. The maximum Gasteiger partial charge on any atom is 0.261 e. The molecule has 0 unspecified atom stereocenters. The summed E-state index contributed by atoms with van der Waals surface area (Å²) in [6, 6.07) is 8.87. The third kappa shape index (κ3) is 3.12. The van der Waals surface area contributed by atoms with Gasteiger partial charge in [-0.1, -0.05) is 6.92 Å². The second-order valence-corrected chi connectivity index (χ2v) is 4.38. The summed E-state index contributed by atoms with van der Waals surface area (Å²) in [5.74, 6) is -0.731. The van der Waals surface area contributed by atoms with E-state index in [1.165, 1.54) is 18.2 Å². The van der Waals surface area contributed by atoms with E-state index in [2.05, 4.69) is 10.3 Å². The van der Waals surface area contributed by atoms with Crippen molar-refractivity contribution in [3.63, 3.8) is 0 Å². The van der Waals surface area contributed by atoms with Gasteiger partial charge in [0.25, 0.3) is 11.5 Å². The lowest BCUT2D eigenvalue weighted by Crippen LogP contribution is -2.30. The van der Waals surface area contributed by atoms with Crippen molar-refractivity contribution in [1.29, 1.82) is 0 Å². The SMILES string of the molecule is CCCNC(=O)c1ccc(-c2ccc(F)cc2)[nH]c1=O. The van der Waals surface area contributed by atoms with Crippen LogP contribution >= 0.6 is 0 Å². The lowest BCUT2D eigenvalue weighted by Gasteiger charge is -2.05. The molecule has 1 aromatic carbocycles. The first-order chi connectivity index (χ1) is 9.61. The molecule has 1 heterocycles. The van der Waals surface area contributed by atoms with E-state index in [-0.39, 0.29) is 11.4 Å². The first-order valence-electron chi connectivity index (χ1n) is 6.39. The number of carbonyl (C=O) groups excluding carboxylic acids is 1. The molecule has 0 radical (unpaired) electrons. The molecule has 0 saturated carbocycles. The molecule has 1 amide bonds. The van der Waals surface area contributed by atoms with Crippen LogP contribution in [0.15, 0.2) is 41.2 Å². The quantitative estimate of drug-likeness (QED) is 0.898. The molecule has 0 fully saturated rings. The zero-order valence-corrected chi connectivity index (χ0v) is 11.1. The van der Waals surface area contributed by atoms with Gasteiger partial charge in [0.1, 0.15) is 11.4 Å². The molecule has 2 aromatic rings. The van der Waals surface area contributed by atoms with Gasteiger partial charge in [-0.05, 0) is 48.4 Å². The summed E-state index contributed by atoms with van der Waals surface area (Å²) < 4.78 is 12.8. The van der Waals surface area contributed by atoms with E-state index in [0.29, 0.717) is 17.8 Å². The lowest BCUT2D eigenvalue weighted by atomic mass is 10.1. The summed E-state index contributed by atoms with van der Waals surface area (Å²) >= 11 is 0. The Bertz CT molecular complexity index is 662. The van der Waals surface area contributed by atoms with Crippen molar-refractivity contribution in [2.45, 2.75) is 13.3 Å². The standard InChI is InChI=1S/C15H15FN2O2/c1-2-9-17-14(19)12-7-8-13(18-15(12)20)10-3-5-11(16)6-4-10/h3-8H,2,9H2,1H3,(H,17,19)(H,18,20). The van der Waals surface area contributed by atoms with Crippen LogP contribution in [-0.2, 0) is 0 Å². The molecule has 0 atom stereocenters. The van der Waals surface area contributed by atoms with Gasteiger partial charge in [0.2, 0.25) is 0 Å². The average molecular weight is 274 g/mol. The molecule has 0 bridgehead atoms. The molecule has 4 nitrogen and oxygen atoms in total. The molecule has 2 rings (SSSR count). The van der Waals surface area contributed by atoms with E-state index in [1.54, 1.807) is 18.2 Å². The van der Waals surface area contributed by atoms with Crippen LogP contribution in [0.2, 0.25) is 0 Å². The molecule has 0 aliphatic heterocycles. The highest BCUT2D eigenvalue weighted by molar-refractivity contribution is 5.94. The number of nitrogens with one attached hydrogen (secondary N) is 2. The first-order valence-corrected chi connectivity index (χ1v) is 6.39. The lowest BCUT2D eigenvalue weighted by molar-refractivity contribution is 0.0952. The number of aromatic amines is 1. The Morgan fingerprint density at radius 1 is 1.20 bits per heavy atom. The van der Waals surface area contributed by atoms with E-state index in [0.717, 1.165) is 6.42 Å². The van der Waals surface area contributed by atoms with Gasteiger partial charge in [-0.15, -0.1) is 0 Å². The van der Waals surface area contributed by atoms with Crippen molar-refractivity contribution in [2.75, 3.05) is 6.54 Å². The molecule has 20 heavy (non-hydrogen) atoms. The highest BCUT2D eigenvalue weighted by Crippen LogP contribution is 2.15. The van der Waals surface area contributed by atoms with E-state index >= 15 is 0 Å². The van der Waals surface area contributed by atoms with Gasteiger partial charge in [0.05, 0.1) is 0 Å². The van der Waals surface area contributed by atoms with Crippen LogP contribution in [-0.4, -0.2) is 17.4 Å². The molecule has 5 heteroatoms. The monoisotopic (exact) mass is 274 g/mol. The average Bonchev–Trinajstić information content (AvgIpc) is 2.45. The summed E-state index contributed by atoms with van der Waals surface area (Å²) in [4.78, 5) is 26.3. The minimum Gasteiger partial charge on any atom is -0.352 e. The molecule has 0 saturated heterocycles. The second kappa shape index (κ2) is 6.14. The number of hydrogen-bond acceptors (Lipinski definition) is 2. The van der Waals surface area contributed by atoms with Crippen LogP contribution in [0.3, 0.4) is 0 Å². The zero-order valence-electron chi connectivity index (χ0n) is 11.1. The van der Waals surface area contributed by atoms with Gasteiger partial charge >= 0.3 is 0 Å². The Morgan fingerprint density at radius 2 is 1.90 bits per heavy atom. The van der Waals surface area contributed by atoms with E-state index < -0.39 is 11.5 Å². The molecule has 0 aliphatic rings. The molecule has 1 aromatic heterocycles. The number of hydrogen-bond donors (Lipinski definition) is 2. The molecular formula is C15H15FN2O2. The van der Waals surface area contributed by atoms with Gasteiger partial charge in [-0.2, -0.15) is 0 Å². The number of rotatable bonds is 4. The number of benzene rings is 1. The Balaban J connectivity index is 2.28. The van der Waals surface area contributed by atoms with Gasteiger partial charge in [-0.25, -0.2) is 4.39 Å². The maximum absolute atomic E-state index is 12.8. The van der Waals surface area contributed by atoms with Crippen LogP contribution < -0.4 is 10.9 Å². The number of pyridine rings is 1. The van der Waals surface area contributed by atoms with Gasteiger partial charge < -0.3 is 10.3 Å². The second-order valence-electron chi connectivity index (χ2n) is 4.38. The maximum atomic E-state index is 12.8. The summed E-state index contributed by atoms with van der Waals surface area (Å²) in [5.41, 5.74) is 0.843. The van der Waals surface area contributed by atoms with Gasteiger partial charge in [-0.3, -0.25) is 9.59 Å². The molecular weight excluding hydrogens is 259 g/mol. The Morgan fingerprint density at radius 3 is 2.50 bits per heavy atom. The van der Waals surface area contributed by atoms with Gasteiger partial charge in [0.15, 0.2) is 0 Å². The van der Waals surface area contributed by atoms with Crippen LogP contribution in [0.1, 0.15) is 23.7 Å². The van der Waals surface area contributed by atoms with Crippen molar-refractivity contribution in [1.82, 2.24) is 10.3 Å². The Kier molecular flexibility index (Phi) is 4.30. The number of carbonyl (C=O) groups is 1. The van der Waals surface area contributed by atoms with Crippen molar-refractivity contribution >= 4 is 5.91 Å². The predicted octanol–water partition coefficient (Wildman–Crippen LogP) is 2.32.